The maximum Gasteiger partial charge on any atom is 0.307 e. The van der Waals surface area contributed by atoms with Crippen molar-refractivity contribution in [3.63, 3.8) is 0 Å². The summed E-state index contributed by atoms with van der Waals surface area (Å²) in [6.07, 6.45) is 1.89. The molecule has 88 valence electrons. The number of rotatable bonds is 5. The third kappa shape index (κ3) is 4.33. The Balaban J connectivity index is 2.71. The van der Waals surface area contributed by atoms with Crippen LogP contribution in [0.5, 0.6) is 0 Å². The van der Waals surface area contributed by atoms with E-state index in [-0.39, 0.29) is 5.75 Å². The Morgan fingerprint density at radius 2 is 2.00 bits per heavy atom. The predicted octanol–water partition coefficient (Wildman–Crippen LogP) is 1.96. The van der Waals surface area contributed by atoms with E-state index in [1.54, 1.807) is 24.3 Å². The standard InChI is InChI=1S/C11H13ClO3S/c1-16(15)7-9(11(13)14)6-8-2-4-10(12)5-3-8/h2-5,9H,6-7H2,1H3,(H,13,14). The van der Waals surface area contributed by atoms with E-state index >= 15 is 0 Å². The first-order valence-electron chi connectivity index (χ1n) is 4.76. The van der Waals surface area contributed by atoms with Crippen LogP contribution in [0.3, 0.4) is 0 Å². The van der Waals surface area contributed by atoms with Gasteiger partial charge in [-0.05, 0) is 24.1 Å². The lowest BCUT2D eigenvalue weighted by Crippen LogP contribution is -2.22. The first-order valence-corrected chi connectivity index (χ1v) is 6.87. The Hall–Kier alpha value is -0.870. The maximum absolute atomic E-state index is 11.0. The van der Waals surface area contributed by atoms with Crippen molar-refractivity contribution in [3.8, 4) is 0 Å². The first-order chi connectivity index (χ1) is 7.49. The molecular formula is C11H13ClO3S. The van der Waals surface area contributed by atoms with Crippen molar-refractivity contribution in [2.24, 2.45) is 5.92 Å². The lowest BCUT2D eigenvalue weighted by molar-refractivity contribution is -0.140. The van der Waals surface area contributed by atoms with Crippen molar-refractivity contribution < 1.29 is 14.1 Å². The fourth-order valence-electron chi connectivity index (χ4n) is 1.41. The van der Waals surface area contributed by atoms with Crippen molar-refractivity contribution in [3.05, 3.63) is 34.9 Å². The molecule has 2 atom stereocenters. The van der Waals surface area contributed by atoms with Gasteiger partial charge in [-0.3, -0.25) is 9.00 Å². The van der Waals surface area contributed by atoms with Crippen LogP contribution < -0.4 is 0 Å². The summed E-state index contributed by atoms with van der Waals surface area (Å²) in [6.45, 7) is 0. The number of halogens is 1. The van der Waals surface area contributed by atoms with Crippen molar-refractivity contribution in [1.29, 1.82) is 0 Å². The van der Waals surface area contributed by atoms with Crippen molar-refractivity contribution in [2.45, 2.75) is 6.42 Å². The van der Waals surface area contributed by atoms with Gasteiger partial charge >= 0.3 is 5.97 Å². The number of hydrogen-bond donors (Lipinski definition) is 1. The third-order valence-electron chi connectivity index (χ3n) is 2.18. The van der Waals surface area contributed by atoms with E-state index in [4.69, 9.17) is 16.7 Å². The van der Waals surface area contributed by atoms with Gasteiger partial charge in [-0.15, -0.1) is 0 Å². The molecule has 0 bridgehead atoms. The Morgan fingerprint density at radius 3 is 2.44 bits per heavy atom. The molecule has 3 nitrogen and oxygen atoms in total. The van der Waals surface area contributed by atoms with Crippen LogP contribution in [0, 0.1) is 5.92 Å². The summed E-state index contributed by atoms with van der Waals surface area (Å²) in [4.78, 5) is 10.9. The minimum atomic E-state index is -1.10. The Kier molecular flexibility index (Phi) is 4.96. The number of carboxylic acid groups (broad SMARTS) is 1. The molecule has 0 aromatic heterocycles. The number of aliphatic carboxylic acids is 1. The van der Waals surface area contributed by atoms with Gasteiger partial charge in [-0.2, -0.15) is 0 Å². The zero-order valence-corrected chi connectivity index (χ0v) is 10.4. The predicted molar refractivity (Wildman–Crippen MR) is 65.2 cm³/mol. The van der Waals surface area contributed by atoms with E-state index in [9.17, 15) is 9.00 Å². The average Bonchev–Trinajstić information content (AvgIpc) is 2.19. The quantitative estimate of drug-likeness (QED) is 0.881. The molecule has 1 N–H and O–H groups in total. The zero-order chi connectivity index (χ0) is 12.1. The molecule has 0 aliphatic rings. The summed E-state index contributed by atoms with van der Waals surface area (Å²) in [6, 6.07) is 7.02. The molecule has 0 saturated carbocycles. The molecule has 1 rings (SSSR count). The number of benzene rings is 1. The number of carboxylic acids is 1. The number of hydrogen-bond acceptors (Lipinski definition) is 2. The molecule has 0 spiro atoms. The van der Waals surface area contributed by atoms with Crippen LogP contribution in [-0.4, -0.2) is 27.3 Å². The van der Waals surface area contributed by atoms with Crippen molar-refractivity contribution >= 4 is 28.4 Å². The van der Waals surface area contributed by atoms with Gasteiger partial charge < -0.3 is 5.11 Å². The first kappa shape index (κ1) is 13.2. The van der Waals surface area contributed by atoms with Crippen LogP contribution in [0.2, 0.25) is 5.02 Å². The summed E-state index contributed by atoms with van der Waals surface area (Å²) >= 11 is 5.73. The highest BCUT2D eigenvalue weighted by Gasteiger charge is 2.19. The molecule has 5 heteroatoms. The summed E-state index contributed by atoms with van der Waals surface area (Å²) in [5, 5.41) is 9.60. The molecule has 0 fully saturated rings. The van der Waals surface area contributed by atoms with Gasteiger partial charge in [-0.1, -0.05) is 23.7 Å². The molecule has 2 unspecified atom stereocenters. The topological polar surface area (TPSA) is 54.4 Å². The zero-order valence-electron chi connectivity index (χ0n) is 8.85. The summed E-state index contributed by atoms with van der Waals surface area (Å²) in [7, 11) is -1.10. The Morgan fingerprint density at radius 1 is 1.44 bits per heavy atom. The summed E-state index contributed by atoms with van der Waals surface area (Å²) < 4.78 is 11.0. The van der Waals surface area contributed by atoms with Gasteiger partial charge in [0.05, 0.1) is 5.92 Å². The second kappa shape index (κ2) is 6.01. The van der Waals surface area contributed by atoms with Gasteiger partial charge in [0.15, 0.2) is 0 Å². The highest BCUT2D eigenvalue weighted by atomic mass is 35.5. The van der Waals surface area contributed by atoms with Crippen molar-refractivity contribution in [2.75, 3.05) is 12.0 Å². The van der Waals surface area contributed by atoms with Crippen LogP contribution in [0.25, 0.3) is 0 Å². The van der Waals surface area contributed by atoms with Gasteiger partial charge in [0.1, 0.15) is 0 Å². The molecule has 0 aliphatic heterocycles. The number of carbonyl (C=O) groups is 1. The summed E-state index contributed by atoms with van der Waals surface area (Å²) in [5.74, 6) is -1.34. The monoisotopic (exact) mass is 260 g/mol. The maximum atomic E-state index is 11.0. The van der Waals surface area contributed by atoms with E-state index < -0.39 is 22.7 Å². The minimum Gasteiger partial charge on any atom is -0.481 e. The highest BCUT2D eigenvalue weighted by molar-refractivity contribution is 7.84. The Bertz CT molecular complexity index is 389. The molecule has 0 radical (unpaired) electrons. The van der Waals surface area contributed by atoms with Crippen LogP contribution in [-0.2, 0) is 22.0 Å². The SMILES string of the molecule is CS(=O)CC(Cc1ccc(Cl)cc1)C(=O)O. The second-order valence-corrected chi connectivity index (χ2v) is 5.52. The molecule has 1 aromatic carbocycles. The normalized spacial score (nSPS) is 14.4. The summed E-state index contributed by atoms with van der Waals surface area (Å²) in [5.41, 5.74) is 0.891. The molecule has 16 heavy (non-hydrogen) atoms. The largest absolute Gasteiger partial charge is 0.481 e. The molecule has 0 saturated heterocycles. The van der Waals surface area contributed by atoms with Gasteiger partial charge in [0.2, 0.25) is 0 Å². The molecular weight excluding hydrogens is 248 g/mol. The molecule has 0 amide bonds. The fourth-order valence-corrected chi connectivity index (χ4v) is 2.36. The third-order valence-corrected chi connectivity index (χ3v) is 3.30. The van der Waals surface area contributed by atoms with Gasteiger partial charge in [0.25, 0.3) is 0 Å². The Labute approximate surface area is 102 Å². The lowest BCUT2D eigenvalue weighted by Gasteiger charge is -2.10. The van der Waals surface area contributed by atoms with E-state index in [1.165, 1.54) is 6.26 Å². The van der Waals surface area contributed by atoms with Crippen LogP contribution in [0.15, 0.2) is 24.3 Å². The highest BCUT2D eigenvalue weighted by Crippen LogP contribution is 2.14. The molecule has 0 aliphatic carbocycles. The van der Waals surface area contributed by atoms with Crippen LogP contribution >= 0.6 is 11.6 Å². The van der Waals surface area contributed by atoms with Gasteiger partial charge in [-0.25, -0.2) is 0 Å². The van der Waals surface area contributed by atoms with E-state index in [2.05, 4.69) is 0 Å². The fraction of sp³-hybridized carbons (Fsp3) is 0.364. The molecule has 0 heterocycles. The average molecular weight is 261 g/mol. The van der Waals surface area contributed by atoms with Crippen molar-refractivity contribution in [1.82, 2.24) is 0 Å². The minimum absolute atomic E-state index is 0.179. The second-order valence-electron chi connectivity index (χ2n) is 3.61. The molecule has 1 aromatic rings. The van der Waals surface area contributed by atoms with E-state index in [0.717, 1.165) is 5.56 Å². The van der Waals surface area contributed by atoms with Crippen LogP contribution in [0.1, 0.15) is 5.56 Å². The van der Waals surface area contributed by atoms with Gasteiger partial charge in [0, 0.05) is 27.8 Å². The smallest absolute Gasteiger partial charge is 0.307 e. The van der Waals surface area contributed by atoms with E-state index in [1.807, 2.05) is 0 Å². The van der Waals surface area contributed by atoms with Crippen LogP contribution in [0.4, 0.5) is 0 Å². The van der Waals surface area contributed by atoms with E-state index in [0.29, 0.717) is 11.4 Å². The lowest BCUT2D eigenvalue weighted by atomic mass is 10.0.